The third-order valence-corrected chi connectivity index (χ3v) is 7.98. The fourth-order valence-corrected chi connectivity index (χ4v) is 5.57. The molecule has 0 spiro atoms. The Hall–Kier alpha value is -4.89. The van der Waals surface area contributed by atoms with Crippen LogP contribution < -0.4 is 15.5 Å². The Morgan fingerprint density at radius 2 is 1.69 bits per heavy atom. The average molecular weight is 580 g/mol. The number of benzene rings is 3. The molecular weight excluding hydrogens is 550 g/mol. The fraction of sp³-hybridized carbons (Fsp3) is 0.152. The molecule has 2 heterocycles. The highest BCUT2D eigenvalue weighted by atomic mass is 32.2. The summed E-state index contributed by atoms with van der Waals surface area (Å²) in [5.74, 6) is -0.442. The fourth-order valence-electron chi connectivity index (χ4n) is 4.46. The number of carbonyl (C=O) groups excluding carboxylic acids is 4. The zero-order chi connectivity index (χ0) is 29.8. The molecule has 3 aromatic carbocycles. The summed E-state index contributed by atoms with van der Waals surface area (Å²) in [7, 11) is 0. The summed E-state index contributed by atoms with van der Waals surface area (Å²) in [6.07, 6.45) is 1.54. The van der Waals surface area contributed by atoms with Gasteiger partial charge in [-0.15, -0.1) is 11.8 Å². The summed E-state index contributed by atoms with van der Waals surface area (Å²) < 4.78 is 5.59. The van der Waals surface area contributed by atoms with Crippen LogP contribution in [0.15, 0.2) is 99.9 Å². The summed E-state index contributed by atoms with van der Waals surface area (Å²) in [6, 6.07) is 24.6. The molecule has 1 aliphatic heterocycles. The van der Waals surface area contributed by atoms with Crippen LogP contribution in [-0.2, 0) is 14.4 Å². The van der Waals surface area contributed by atoms with Gasteiger partial charge in [-0.3, -0.25) is 19.2 Å². The van der Waals surface area contributed by atoms with E-state index in [2.05, 4.69) is 10.6 Å². The largest absolute Gasteiger partial charge is 0.462 e. The summed E-state index contributed by atoms with van der Waals surface area (Å²) in [6.45, 7) is 5.71. The number of furan rings is 1. The number of rotatable bonds is 8. The first-order valence-electron chi connectivity index (χ1n) is 13.3. The summed E-state index contributed by atoms with van der Waals surface area (Å²) >= 11 is 1.27. The Kier molecular flexibility index (Phi) is 8.40. The molecule has 5 rings (SSSR count). The number of anilines is 2. The summed E-state index contributed by atoms with van der Waals surface area (Å²) in [5.41, 5.74) is 3.51. The van der Waals surface area contributed by atoms with Crippen LogP contribution in [0.5, 0.6) is 0 Å². The molecule has 9 heteroatoms. The van der Waals surface area contributed by atoms with E-state index in [1.54, 1.807) is 73.7 Å². The van der Waals surface area contributed by atoms with Gasteiger partial charge < -0.3 is 15.1 Å². The van der Waals surface area contributed by atoms with Gasteiger partial charge in [-0.05, 0) is 86.5 Å². The Labute approximate surface area is 247 Å². The number of thioether (sulfide) groups is 1. The molecule has 1 saturated heterocycles. The lowest BCUT2D eigenvalue weighted by molar-refractivity contribution is -0.121. The van der Waals surface area contributed by atoms with Crippen molar-refractivity contribution >= 4 is 52.8 Å². The lowest BCUT2D eigenvalue weighted by Gasteiger charge is -2.16. The molecule has 0 saturated carbocycles. The van der Waals surface area contributed by atoms with Gasteiger partial charge >= 0.3 is 0 Å². The molecule has 4 aromatic rings. The third-order valence-electron chi connectivity index (χ3n) is 6.80. The van der Waals surface area contributed by atoms with Gasteiger partial charge in [0.05, 0.1) is 10.9 Å². The first kappa shape index (κ1) is 28.6. The predicted octanol–water partition coefficient (Wildman–Crippen LogP) is 6.04. The lowest BCUT2D eigenvalue weighted by atomic mass is 10.1. The van der Waals surface area contributed by atoms with E-state index in [0.29, 0.717) is 33.4 Å². The van der Waals surface area contributed by atoms with Crippen molar-refractivity contribution in [2.24, 2.45) is 0 Å². The second-order valence-corrected chi connectivity index (χ2v) is 11.2. The highest BCUT2D eigenvalue weighted by Crippen LogP contribution is 2.35. The predicted molar refractivity (Wildman–Crippen MR) is 163 cm³/mol. The Bertz CT molecular complexity index is 1710. The normalized spacial score (nSPS) is 15.2. The van der Waals surface area contributed by atoms with Gasteiger partial charge in [-0.25, -0.2) is 4.90 Å². The molecule has 1 aromatic heterocycles. The highest BCUT2D eigenvalue weighted by molar-refractivity contribution is 8.00. The molecule has 1 aliphatic rings. The van der Waals surface area contributed by atoms with Crippen molar-refractivity contribution in [2.75, 3.05) is 10.2 Å². The minimum absolute atomic E-state index is 0.00291. The van der Waals surface area contributed by atoms with Gasteiger partial charge in [0.1, 0.15) is 17.2 Å². The first-order chi connectivity index (χ1) is 20.2. The van der Waals surface area contributed by atoms with Crippen LogP contribution in [-0.4, -0.2) is 28.9 Å². The number of nitrogens with zero attached hydrogens (tertiary/aromatic N) is 1. The molecule has 1 atom stereocenters. The summed E-state index contributed by atoms with van der Waals surface area (Å²) in [4.78, 5) is 54.2. The molecule has 1 fully saturated rings. The molecular formula is C33H29N3O5S. The van der Waals surface area contributed by atoms with Crippen LogP contribution in [0.2, 0.25) is 0 Å². The van der Waals surface area contributed by atoms with Crippen LogP contribution in [0.25, 0.3) is 6.08 Å². The molecule has 42 heavy (non-hydrogen) atoms. The van der Waals surface area contributed by atoms with Crippen molar-refractivity contribution < 1.29 is 23.6 Å². The maximum atomic E-state index is 13.3. The number of imide groups is 1. The van der Waals surface area contributed by atoms with E-state index in [9.17, 15) is 19.2 Å². The van der Waals surface area contributed by atoms with Crippen molar-refractivity contribution in [2.45, 2.75) is 37.3 Å². The van der Waals surface area contributed by atoms with Crippen molar-refractivity contribution in [3.8, 4) is 0 Å². The SMILES string of the molecule is Cc1ccc(/C=C(\NC(=O)c2ccccc2)C(=O)Nc2cccc(S[C@@H]3CC(=O)N(c4ccc(C)c(C)c4)C3=O)c2)o1. The number of nitrogens with one attached hydrogen (secondary N) is 2. The van der Waals surface area contributed by atoms with Crippen molar-refractivity contribution in [3.63, 3.8) is 0 Å². The summed E-state index contributed by atoms with van der Waals surface area (Å²) in [5, 5.41) is 4.91. The van der Waals surface area contributed by atoms with Crippen molar-refractivity contribution in [1.82, 2.24) is 5.32 Å². The number of amides is 4. The van der Waals surface area contributed by atoms with Gasteiger partial charge in [-0.1, -0.05) is 30.3 Å². The van der Waals surface area contributed by atoms with E-state index >= 15 is 0 Å². The number of hydrogen-bond donors (Lipinski definition) is 2. The van der Waals surface area contributed by atoms with Crippen LogP contribution in [0.3, 0.4) is 0 Å². The van der Waals surface area contributed by atoms with E-state index in [1.165, 1.54) is 22.7 Å². The maximum Gasteiger partial charge on any atom is 0.272 e. The van der Waals surface area contributed by atoms with Crippen LogP contribution in [0.1, 0.15) is 39.4 Å². The van der Waals surface area contributed by atoms with Gasteiger partial charge in [-0.2, -0.15) is 0 Å². The molecule has 0 unspecified atom stereocenters. The minimum Gasteiger partial charge on any atom is -0.462 e. The average Bonchev–Trinajstić information content (AvgIpc) is 3.51. The minimum atomic E-state index is -0.590. The van der Waals surface area contributed by atoms with Gasteiger partial charge in [0.15, 0.2) is 0 Å². The Balaban J connectivity index is 1.31. The van der Waals surface area contributed by atoms with Crippen LogP contribution in [0, 0.1) is 20.8 Å². The van der Waals surface area contributed by atoms with Crippen molar-refractivity contribution in [1.29, 1.82) is 0 Å². The Morgan fingerprint density at radius 1 is 0.905 bits per heavy atom. The highest BCUT2D eigenvalue weighted by Gasteiger charge is 2.40. The number of aryl methyl sites for hydroxylation is 3. The van der Waals surface area contributed by atoms with Crippen molar-refractivity contribution in [3.05, 3.63) is 119 Å². The smallest absolute Gasteiger partial charge is 0.272 e. The number of hydrogen-bond acceptors (Lipinski definition) is 6. The van der Waals surface area contributed by atoms with Gasteiger partial charge in [0.25, 0.3) is 11.8 Å². The monoisotopic (exact) mass is 579 g/mol. The Morgan fingerprint density at radius 3 is 2.40 bits per heavy atom. The van der Waals surface area contributed by atoms with E-state index in [1.807, 2.05) is 32.0 Å². The van der Waals surface area contributed by atoms with E-state index in [0.717, 1.165) is 11.1 Å². The molecule has 0 bridgehead atoms. The molecule has 0 aliphatic carbocycles. The zero-order valence-electron chi connectivity index (χ0n) is 23.3. The van der Waals surface area contributed by atoms with E-state index in [-0.39, 0.29) is 23.9 Å². The topological polar surface area (TPSA) is 109 Å². The third kappa shape index (κ3) is 6.53. The first-order valence-corrected chi connectivity index (χ1v) is 14.2. The molecule has 212 valence electrons. The van der Waals surface area contributed by atoms with E-state index in [4.69, 9.17) is 4.42 Å². The quantitative estimate of drug-likeness (QED) is 0.195. The van der Waals surface area contributed by atoms with Crippen LogP contribution in [0.4, 0.5) is 11.4 Å². The maximum absolute atomic E-state index is 13.3. The second kappa shape index (κ2) is 12.3. The standard InChI is InChI=1S/C33H29N3O5S/c1-20-12-14-25(16-21(20)2)36-30(37)19-29(33(36)40)42-27-11-7-10-24(17-27)34-32(39)28(18-26-15-13-22(3)41-26)35-31(38)23-8-5-4-6-9-23/h4-18,29H,19H2,1-3H3,(H,34,39)(H,35,38)/b28-18-/t29-/m1/s1. The molecule has 0 radical (unpaired) electrons. The van der Waals surface area contributed by atoms with Crippen LogP contribution >= 0.6 is 11.8 Å². The lowest BCUT2D eigenvalue weighted by Crippen LogP contribution is -2.31. The second-order valence-electron chi connectivity index (χ2n) is 9.96. The molecule has 8 nitrogen and oxygen atoms in total. The zero-order valence-corrected chi connectivity index (χ0v) is 24.2. The number of carbonyl (C=O) groups is 4. The van der Waals surface area contributed by atoms with Gasteiger partial charge in [0.2, 0.25) is 11.8 Å². The van der Waals surface area contributed by atoms with E-state index < -0.39 is 17.1 Å². The van der Waals surface area contributed by atoms with Gasteiger partial charge in [0, 0.05) is 28.6 Å². The molecule has 4 amide bonds. The molecule has 2 N–H and O–H groups in total.